The third-order valence-corrected chi connectivity index (χ3v) is 3.42. The van der Waals surface area contributed by atoms with Gasteiger partial charge in [0.05, 0.1) is 7.11 Å². The van der Waals surface area contributed by atoms with Crippen LogP contribution in [0, 0.1) is 0 Å². The highest BCUT2D eigenvalue weighted by Gasteiger charge is 2.13. The van der Waals surface area contributed by atoms with Gasteiger partial charge in [-0.15, -0.1) is 0 Å². The molecular formula is C12H14BrN5O. The number of aromatic nitrogens is 2. The molecule has 19 heavy (non-hydrogen) atoms. The fourth-order valence-electron chi connectivity index (χ4n) is 1.62. The van der Waals surface area contributed by atoms with Crippen LogP contribution in [0.1, 0.15) is 0 Å². The summed E-state index contributed by atoms with van der Waals surface area (Å²) in [6.07, 6.45) is 1.45. The molecule has 2 rings (SSSR count). The van der Waals surface area contributed by atoms with Crippen LogP contribution in [0.25, 0.3) is 0 Å². The molecule has 6 nitrogen and oxygen atoms in total. The molecule has 0 aliphatic rings. The van der Waals surface area contributed by atoms with Gasteiger partial charge in [0.25, 0.3) is 0 Å². The van der Waals surface area contributed by atoms with E-state index in [2.05, 4.69) is 31.3 Å². The van der Waals surface area contributed by atoms with Crippen LogP contribution in [0.2, 0.25) is 0 Å². The van der Waals surface area contributed by atoms with Crippen LogP contribution in [0.15, 0.2) is 35.1 Å². The van der Waals surface area contributed by atoms with Gasteiger partial charge in [-0.25, -0.2) is 15.8 Å². The summed E-state index contributed by atoms with van der Waals surface area (Å²) in [5.74, 6) is 7.45. The highest BCUT2D eigenvalue weighted by Crippen LogP contribution is 2.32. The summed E-state index contributed by atoms with van der Waals surface area (Å²) in [4.78, 5) is 10.2. The predicted octanol–water partition coefficient (Wildman–Crippen LogP) is 2.30. The Labute approximate surface area is 119 Å². The number of ether oxygens (including phenoxy) is 1. The molecule has 0 bridgehead atoms. The van der Waals surface area contributed by atoms with Gasteiger partial charge in [0.2, 0.25) is 0 Å². The van der Waals surface area contributed by atoms with Crippen molar-refractivity contribution in [3.05, 3.63) is 35.1 Å². The summed E-state index contributed by atoms with van der Waals surface area (Å²) in [6.45, 7) is 0. The molecule has 2 aromatic rings. The summed E-state index contributed by atoms with van der Waals surface area (Å²) in [7, 11) is 3.55. The summed E-state index contributed by atoms with van der Waals surface area (Å²) in [5, 5.41) is 0. The van der Waals surface area contributed by atoms with Gasteiger partial charge in [-0.1, -0.05) is 0 Å². The molecule has 0 fully saturated rings. The molecule has 0 aliphatic carbocycles. The predicted molar refractivity (Wildman–Crippen MR) is 78.6 cm³/mol. The van der Waals surface area contributed by atoms with Gasteiger partial charge in [-0.3, -0.25) is 0 Å². The Morgan fingerprint density at radius 2 is 1.95 bits per heavy atom. The third-order valence-electron chi connectivity index (χ3n) is 2.69. The lowest BCUT2D eigenvalue weighted by Gasteiger charge is -2.20. The van der Waals surface area contributed by atoms with Crippen LogP contribution in [0.5, 0.6) is 5.75 Å². The largest absolute Gasteiger partial charge is 0.497 e. The molecule has 1 heterocycles. The van der Waals surface area contributed by atoms with E-state index in [1.165, 1.54) is 6.33 Å². The van der Waals surface area contributed by atoms with Crippen LogP contribution in [0.4, 0.5) is 17.3 Å². The zero-order valence-corrected chi connectivity index (χ0v) is 12.2. The first-order chi connectivity index (χ1) is 9.17. The van der Waals surface area contributed by atoms with Gasteiger partial charge in [-0.2, -0.15) is 0 Å². The number of nitrogens with zero attached hydrogens (tertiary/aromatic N) is 3. The molecule has 7 heteroatoms. The van der Waals surface area contributed by atoms with Crippen molar-refractivity contribution >= 4 is 33.3 Å². The van der Waals surface area contributed by atoms with Crippen molar-refractivity contribution in [2.24, 2.45) is 5.84 Å². The molecule has 0 atom stereocenters. The van der Waals surface area contributed by atoms with Crippen LogP contribution in [0.3, 0.4) is 0 Å². The van der Waals surface area contributed by atoms with E-state index in [1.807, 2.05) is 36.2 Å². The van der Waals surface area contributed by atoms with Crippen molar-refractivity contribution < 1.29 is 4.74 Å². The topological polar surface area (TPSA) is 76.3 Å². The zero-order valence-electron chi connectivity index (χ0n) is 10.6. The number of rotatable bonds is 4. The number of nitrogen functional groups attached to an aromatic ring is 1. The Balaban J connectivity index is 2.35. The number of halogens is 1. The molecular weight excluding hydrogens is 310 g/mol. The van der Waals surface area contributed by atoms with Crippen LogP contribution >= 0.6 is 15.9 Å². The Morgan fingerprint density at radius 3 is 2.53 bits per heavy atom. The molecule has 0 radical (unpaired) electrons. The first kappa shape index (κ1) is 13.6. The molecule has 0 spiro atoms. The van der Waals surface area contributed by atoms with Gasteiger partial charge in [0.15, 0.2) is 11.6 Å². The van der Waals surface area contributed by atoms with Gasteiger partial charge in [0, 0.05) is 12.7 Å². The Bertz CT molecular complexity index is 561. The second-order valence-corrected chi connectivity index (χ2v) is 4.55. The van der Waals surface area contributed by atoms with Crippen molar-refractivity contribution in [3.8, 4) is 5.75 Å². The van der Waals surface area contributed by atoms with E-state index in [4.69, 9.17) is 10.6 Å². The Morgan fingerprint density at radius 1 is 1.26 bits per heavy atom. The number of benzene rings is 1. The lowest BCUT2D eigenvalue weighted by molar-refractivity contribution is 0.415. The molecule has 3 N–H and O–H groups in total. The van der Waals surface area contributed by atoms with Crippen molar-refractivity contribution in [3.63, 3.8) is 0 Å². The van der Waals surface area contributed by atoms with Gasteiger partial charge >= 0.3 is 0 Å². The lowest BCUT2D eigenvalue weighted by Crippen LogP contribution is -2.15. The summed E-state index contributed by atoms with van der Waals surface area (Å²) >= 11 is 3.43. The number of hydrazine groups is 1. The zero-order chi connectivity index (χ0) is 13.8. The quantitative estimate of drug-likeness (QED) is 0.664. The molecule has 0 unspecified atom stereocenters. The highest BCUT2D eigenvalue weighted by atomic mass is 79.9. The van der Waals surface area contributed by atoms with Crippen molar-refractivity contribution in [2.45, 2.75) is 0 Å². The van der Waals surface area contributed by atoms with E-state index in [9.17, 15) is 0 Å². The standard InChI is InChI=1S/C12H14BrN5O/c1-18(8-3-5-9(19-2)6-4-8)12-10(13)11(17-14)15-7-16-12/h3-7H,14H2,1-2H3,(H,15,16,17). The summed E-state index contributed by atoms with van der Waals surface area (Å²) in [5.41, 5.74) is 3.49. The van der Waals surface area contributed by atoms with Gasteiger partial charge < -0.3 is 15.1 Å². The number of anilines is 3. The van der Waals surface area contributed by atoms with Crippen LogP contribution in [-0.2, 0) is 0 Å². The molecule has 100 valence electrons. The lowest BCUT2D eigenvalue weighted by atomic mass is 10.3. The maximum Gasteiger partial charge on any atom is 0.159 e. The third kappa shape index (κ3) is 2.77. The minimum absolute atomic E-state index is 0.533. The number of methoxy groups -OCH3 is 1. The summed E-state index contributed by atoms with van der Waals surface area (Å²) in [6, 6.07) is 7.68. The van der Waals surface area contributed by atoms with Crippen molar-refractivity contribution in [1.82, 2.24) is 9.97 Å². The van der Waals surface area contributed by atoms with Crippen molar-refractivity contribution in [2.75, 3.05) is 24.5 Å². The van der Waals surface area contributed by atoms with E-state index in [1.54, 1.807) is 7.11 Å². The fraction of sp³-hybridized carbons (Fsp3) is 0.167. The molecule has 0 aliphatic heterocycles. The molecule has 0 amide bonds. The van der Waals surface area contributed by atoms with E-state index >= 15 is 0 Å². The molecule has 0 saturated heterocycles. The number of hydrogen-bond donors (Lipinski definition) is 2. The summed E-state index contributed by atoms with van der Waals surface area (Å²) < 4.78 is 5.84. The van der Waals surface area contributed by atoms with E-state index in [-0.39, 0.29) is 0 Å². The first-order valence-corrected chi connectivity index (χ1v) is 6.31. The Hall–Kier alpha value is -1.86. The second-order valence-electron chi connectivity index (χ2n) is 3.76. The average molecular weight is 324 g/mol. The normalized spacial score (nSPS) is 10.1. The molecule has 1 aromatic carbocycles. The van der Waals surface area contributed by atoms with Crippen LogP contribution < -0.4 is 20.9 Å². The fourth-order valence-corrected chi connectivity index (χ4v) is 2.21. The number of hydrogen-bond acceptors (Lipinski definition) is 6. The maximum atomic E-state index is 5.39. The number of nitrogens with two attached hydrogens (primary N) is 1. The second kappa shape index (κ2) is 5.85. The molecule has 1 aromatic heterocycles. The average Bonchev–Trinajstić information content (AvgIpc) is 2.47. The van der Waals surface area contributed by atoms with Crippen LogP contribution in [-0.4, -0.2) is 24.1 Å². The van der Waals surface area contributed by atoms with E-state index in [0.717, 1.165) is 11.4 Å². The minimum atomic E-state index is 0.533. The van der Waals surface area contributed by atoms with Gasteiger partial charge in [-0.05, 0) is 40.2 Å². The van der Waals surface area contributed by atoms with E-state index < -0.39 is 0 Å². The van der Waals surface area contributed by atoms with Gasteiger partial charge in [0.1, 0.15) is 16.5 Å². The maximum absolute atomic E-state index is 5.39. The highest BCUT2D eigenvalue weighted by molar-refractivity contribution is 9.10. The smallest absolute Gasteiger partial charge is 0.159 e. The minimum Gasteiger partial charge on any atom is -0.497 e. The Kier molecular flexibility index (Phi) is 4.18. The molecule has 0 saturated carbocycles. The SMILES string of the molecule is COc1ccc(N(C)c2ncnc(NN)c2Br)cc1. The number of nitrogens with one attached hydrogen (secondary N) is 1. The van der Waals surface area contributed by atoms with E-state index in [0.29, 0.717) is 16.1 Å². The monoisotopic (exact) mass is 323 g/mol. The van der Waals surface area contributed by atoms with Crippen molar-refractivity contribution in [1.29, 1.82) is 0 Å². The first-order valence-electron chi connectivity index (χ1n) is 5.52.